The van der Waals surface area contributed by atoms with E-state index in [1.807, 2.05) is 30.3 Å². The van der Waals surface area contributed by atoms with Gasteiger partial charge in [0.05, 0.1) is 24.2 Å². The molecule has 0 aliphatic rings. The minimum absolute atomic E-state index is 0.0436. The van der Waals surface area contributed by atoms with E-state index in [0.717, 1.165) is 5.56 Å². The van der Waals surface area contributed by atoms with Gasteiger partial charge in [0.15, 0.2) is 0 Å². The number of primary sulfonamides is 1. The zero-order valence-corrected chi connectivity index (χ0v) is 14.6. The summed E-state index contributed by atoms with van der Waals surface area (Å²) in [4.78, 5) is 12.1. The van der Waals surface area contributed by atoms with Gasteiger partial charge in [-0.3, -0.25) is 4.79 Å². The van der Waals surface area contributed by atoms with Gasteiger partial charge in [-0.1, -0.05) is 35.5 Å². The summed E-state index contributed by atoms with van der Waals surface area (Å²) in [6, 6.07) is 15.2. The third-order valence-electron chi connectivity index (χ3n) is 3.65. The standard InChI is InChI=1S/C17H17N5O3S/c18-26(24,25)16-8-6-14(7-9-16)17(23)19-10-15-12-22(21-20-15)11-13-4-2-1-3-5-13/h1-9,12H,10-11H2,(H,19,23)(H2,18,24,25). The second kappa shape index (κ2) is 7.46. The zero-order valence-electron chi connectivity index (χ0n) is 13.7. The Morgan fingerprint density at radius 1 is 1.08 bits per heavy atom. The van der Waals surface area contributed by atoms with E-state index in [9.17, 15) is 13.2 Å². The molecule has 0 aliphatic carbocycles. The van der Waals surface area contributed by atoms with Crippen LogP contribution >= 0.6 is 0 Å². The highest BCUT2D eigenvalue weighted by molar-refractivity contribution is 7.89. The van der Waals surface area contributed by atoms with Gasteiger partial charge < -0.3 is 5.32 Å². The molecule has 2 aromatic carbocycles. The van der Waals surface area contributed by atoms with Crippen molar-refractivity contribution in [3.8, 4) is 0 Å². The molecule has 1 amide bonds. The summed E-state index contributed by atoms with van der Waals surface area (Å²) in [6.07, 6.45) is 1.76. The number of amides is 1. The van der Waals surface area contributed by atoms with Crippen molar-refractivity contribution in [1.82, 2.24) is 20.3 Å². The van der Waals surface area contributed by atoms with E-state index in [0.29, 0.717) is 17.8 Å². The monoisotopic (exact) mass is 371 g/mol. The number of carbonyl (C=O) groups excluding carboxylic acids is 1. The van der Waals surface area contributed by atoms with Gasteiger partial charge in [-0.05, 0) is 29.8 Å². The Morgan fingerprint density at radius 3 is 2.42 bits per heavy atom. The molecule has 0 fully saturated rings. The van der Waals surface area contributed by atoms with Crippen LogP contribution in [-0.4, -0.2) is 29.3 Å². The molecule has 0 spiro atoms. The van der Waals surface area contributed by atoms with E-state index in [1.165, 1.54) is 24.3 Å². The molecule has 0 bridgehead atoms. The van der Waals surface area contributed by atoms with E-state index in [2.05, 4.69) is 15.6 Å². The number of nitrogens with zero attached hydrogens (tertiary/aromatic N) is 3. The Bertz CT molecular complexity index is 998. The maximum Gasteiger partial charge on any atom is 0.251 e. The lowest BCUT2D eigenvalue weighted by Gasteiger charge is -2.04. The maximum atomic E-state index is 12.1. The second-order valence-electron chi connectivity index (χ2n) is 5.65. The van der Waals surface area contributed by atoms with Crippen LogP contribution in [-0.2, 0) is 23.1 Å². The molecule has 0 aliphatic heterocycles. The van der Waals surface area contributed by atoms with Crippen LogP contribution in [0.1, 0.15) is 21.6 Å². The lowest BCUT2D eigenvalue weighted by molar-refractivity contribution is 0.0950. The number of sulfonamides is 1. The quantitative estimate of drug-likeness (QED) is 0.667. The number of nitrogens with one attached hydrogen (secondary N) is 1. The second-order valence-corrected chi connectivity index (χ2v) is 7.21. The summed E-state index contributed by atoms with van der Waals surface area (Å²) in [6.45, 7) is 0.807. The van der Waals surface area contributed by atoms with E-state index in [1.54, 1.807) is 10.9 Å². The number of hydrogen-bond donors (Lipinski definition) is 2. The van der Waals surface area contributed by atoms with Crippen LogP contribution in [0.2, 0.25) is 0 Å². The van der Waals surface area contributed by atoms with Gasteiger partial charge in [-0.25, -0.2) is 18.2 Å². The molecule has 0 radical (unpaired) electrons. The first-order chi connectivity index (χ1) is 12.4. The van der Waals surface area contributed by atoms with Crippen molar-refractivity contribution in [3.05, 3.63) is 77.6 Å². The molecule has 8 nitrogen and oxygen atoms in total. The van der Waals surface area contributed by atoms with Crippen LogP contribution in [0, 0.1) is 0 Å². The Labute approximate surface area is 150 Å². The number of nitrogens with two attached hydrogens (primary N) is 1. The van der Waals surface area contributed by atoms with Crippen molar-refractivity contribution >= 4 is 15.9 Å². The average molecular weight is 371 g/mol. The Balaban J connectivity index is 1.58. The molecule has 1 heterocycles. The van der Waals surface area contributed by atoms with E-state index >= 15 is 0 Å². The van der Waals surface area contributed by atoms with E-state index < -0.39 is 10.0 Å². The van der Waals surface area contributed by atoms with Crippen LogP contribution < -0.4 is 10.5 Å². The van der Waals surface area contributed by atoms with Crippen molar-refractivity contribution in [3.63, 3.8) is 0 Å². The Morgan fingerprint density at radius 2 is 1.77 bits per heavy atom. The van der Waals surface area contributed by atoms with Crippen LogP contribution in [0.15, 0.2) is 65.7 Å². The highest BCUT2D eigenvalue weighted by Gasteiger charge is 2.11. The molecule has 0 unspecified atom stereocenters. The first-order valence-corrected chi connectivity index (χ1v) is 9.30. The summed E-state index contributed by atoms with van der Waals surface area (Å²) in [7, 11) is -3.78. The molecule has 0 saturated carbocycles. The lowest BCUT2D eigenvalue weighted by Crippen LogP contribution is -2.23. The average Bonchev–Trinajstić information content (AvgIpc) is 3.07. The van der Waals surface area contributed by atoms with Crippen molar-refractivity contribution in [2.24, 2.45) is 5.14 Å². The highest BCUT2D eigenvalue weighted by atomic mass is 32.2. The van der Waals surface area contributed by atoms with Gasteiger partial charge in [0.25, 0.3) is 5.91 Å². The molecule has 9 heteroatoms. The first kappa shape index (κ1) is 17.8. The number of benzene rings is 2. The van der Waals surface area contributed by atoms with Gasteiger partial charge in [0, 0.05) is 5.56 Å². The third kappa shape index (κ3) is 4.52. The highest BCUT2D eigenvalue weighted by Crippen LogP contribution is 2.09. The van der Waals surface area contributed by atoms with Crippen LogP contribution in [0.3, 0.4) is 0 Å². The molecule has 3 aromatic rings. The summed E-state index contributed by atoms with van der Waals surface area (Å²) in [5, 5.41) is 15.8. The smallest absolute Gasteiger partial charge is 0.251 e. The minimum atomic E-state index is -3.78. The first-order valence-electron chi connectivity index (χ1n) is 7.76. The molecule has 134 valence electrons. The summed E-state index contributed by atoms with van der Waals surface area (Å²) in [5.41, 5.74) is 2.05. The molecule has 3 N–H and O–H groups in total. The fraction of sp³-hybridized carbons (Fsp3) is 0.118. The van der Waals surface area contributed by atoms with Crippen molar-refractivity contribution in [1.29, 1.82) is 0 Å². The molecule has 0 atom stereocenters. The normalized spacial score (nSPS) is 11.3. The maximum absolute atomic E-state index is 12.1. The van der Waals surface area contributed by atoms with Gasteiger partial charge >= 0.3 is 0 Å². The number of rotatable bonds is 6. The summed E-state index contributed by atoms with van der Waals surface area (Å²) >= 11 is 0. The minimum Gasteiger partial charge on any atom is -0.346 e. The number of hydrogen-bond acceptors (Lipinski definition) is 5. The van der Waals surface area contributed by atoms with Crippen LogP contribution in [0.5, 0.6) is 0 Å². The van der Waals surface area contributed by atoms with Crippen LogP contribution in [0.25, 0.3) is 0 Å². The van der Waals surface area contributed by atoms with Crippen molar-refractivity contribution in [2.75, 3.05) is 0 Å². The van der Waals surface area contributed by atoms with Gasteiger partial charge in [0.2, 0.25) is 10.0 Å². The summed E-state index contributed by atoms with van der Waals surface area (Å²) < 4.78 is 24.1. The van der Waals surface area contributed by atoms with Gasteiger partial charge in [0.1, 0.15) is 5.69 Å². The van der Waals surface area contributed by atoms with Gasteiger partial charge in [-0.15, -0.1) is 5.10 Å². The SMILES string of the molecule is NS(=O)(=O)c1ccc(C(=O)NCc2cn(Cc3ccccc3)nn2)cc1. The Hall–Kier alpha value is -3.04. The van der Waals surface area contributed by atoms with E-state index in [-0.39, 0.29) is 17.3 Å². The lowest BCUT2D eigenvalue weighted by atomic mass is 10.2. The molecule has 0 saturated heterocycles. The third-order valence-corrected chi connectivity index (χ3v) is 4.58. The van der Waals surface area contributed by atoms with E-state index in [4.69, 9.17) is 5.14 Å². The molecule has 26 heavy (non-hydrogen) atoms. The molecular weight excluding hydrogens is 354 g/mol. The van der Waals surface area contributed by atoms with Crippen molar-refractivity contribution in [2.45, 2.75) is 18.0 Å². The predicted octanol–water partition coefficient (Wildman–Crippen LogP) is 0.904. The number of aromatic nitrogens is 3. The van der Waals surface area contributed by atoms with Crippen LogP contribution in [0.4, 0.5) is 0 Å². The topological polar surface area (TPSA) is 120 Å². The van der Waals surface area contributed by atoms with Gasteiger partial charge in [-0.2, -0.15) is 0 Å². The summed E-state index contributed by atoms with van der Waals surface area (Å²) in [5.74, 6) is -0.344. The largest absolute Gasteiger partial charge is 0.346 e. The fourth-order valence-electron chi connectivity index (χ4n) is 2.34. The molecule has 1 aromatic heterocycles. The zero-order chi connectivity index (χ0) is 18.6. The molecular formula is C17H17N5O3S. The predicted molar refractivity (Wildman–Crippen MR) is 94.6 cm³/mol. The fourth-order valence-corrected chi connectivity index (χ4v) is 2.85. The Kier molecular flexibility index (Phi) is 5.10. The number of carbonyl (C=O) groups is 1. The van der Waals surface area contributed by atoms with Crippen molar-refractivity contribution < 1.29 is 13.2 Å². The molecule has 3 rings (SSSR count).